The SMILES string of the molecule is COc1ccc(N(C)C(=O)CS)cc1OC. The molecule has 0 aliphatic rings. The fourth-order valence-electron chi connectivity index (χ4n) is 1.28. The maximum atomic E-state index is 11.4. The molecular weight excluding hydrogens is 226 g/mol. The summed E-state index contributed by atoms with van der Waals surface area (Å²) < 4.78 is 10.3. The first-order chi connectivity index (χ1) is 7.63. The minimum atomic E-state index is -0.0736. The number of amides is 1. The van der Waals surface area contributed by atoms with Crippen LogP contribution in [0.5, 0.6) is 11.5 Å². The third-order valence-corrected chi connectivity index (χ3v) is 2.53. The van der Waals surface area contributed by atoms with E-state index in [2.05, 4.69) is 12.6 Å². The van der Waals surface area contributed by atoms with Gasteiger partial charge in [-0.3, -0.25) is 4.79 Å². The van der Waals surface area contributed by atoms with Crippen LogP contribution >= 0.6 is 12.6 Å². The number of benzene rings is 1. The normalized spacial score (nSPS) is 9.75. The highest BCUT2D eigenvalue weighted by atomic mass is 32.1. The number of hydrogen-bond donors (Lipinski definition) is 1. The highest BCUT2D eigenvalue weighted by Gasteiger charge is 2.11. The molecule has 0 aliphatic heterocycles. The number of carbonyl (C=O) groups excluding carboxylic acids is 1. The number of methoxy groups -OCH3 is 2. The molecule has 0 spiro atoms. The van der Waals surface area contributed by atoms with Crippen LogP contribution in [0.2, 0.25) is 0 Å². The van der Waals surface area contributed by atoms with Gasteiger partial charge in [-0.15, -0.1) is 0 Å². The molecule has 0 aliphatic carbocycles. The lowest BCUT2D eigenvalue weighted by molar-refractivity contribution is -0.115. The van der Waals surface area contributed by atoms with E-state index in [0.29, 0.717) is 11.5 Å². The first-order valence-corrected chi connectivity index (χ1v) is 5.36. The van der Waals surface area contributed by atoms with Gasteiger partial charge in [0.05, 0.1) is 20.0 Å². The number of rotatable bonds is 4. The molecule has 0 unspecified atom stereocenters. The number of ether oxygens (including phenoxy) is 2. The number of nitrogens with zero attached hydrogens (tertiary/aromatic N) is 1. The average Bonchev–Trinajstić information content (AvgIpc) is 2.35. The van der Waals surface area contributed by atoms with Crippen LogP contribution in [0.4, 0.5) is 5.69 Å². The zero-order valence-electron chi connectivity index (χ0n) is 9.56. The Labute approximate surface area is 101 Å². The average molecular weight is 241 g/mol. The minimum absolute atomic E-state index is 0.0736. The van der Waals surface area contributed by atoms with Crippen molar-refractivity contribution >= 4 is 24.2 Å². The second-order valence-electron chi connectivity index (χ2n) is 3.15. The predicted molar refractivity (Wildman–Crippen MR) is 66.8 cm³/mol. The first-order valence-electron chi connectivity index (χ1n) is 4.73. The fraction of sp³-hybridized carbons (Fsp3) is 0.364. The first kappa shape index (κ1) is 12.7. The lowest BCUT2D eigenvalue weighted by atomic mass is 10.2. The summed E-state index contributed by atoms with van der Waals surface area (Å²) in [5, 5.41) is 0. The maximum absolute atomic E-state index is 11.4. The van der Waals surface area contributed by atoms with Crippen LogP contribution in [-0.2, 0) is 4.79 Å². The molecule has 0 saturated carbocycles. The van der Waals surface area contributed by atoms with Gasteiger partial charge in [0.2, 0.25) is 5.91 Å². The summed E-state index contributed by atoms with van der Waals surface area (Å²) in [6, 6.07) is 5.30. The second kappa shape index (κ2) is 5.65. The van der Waals surface area contributed by atoms with Gasteiger partial charge in [-0.1, -0.05) is 0 Å². The van der Waals surface area contributed by atoms with Gasteiger partial charge in [0.25, 0.3) is 0 Å². The van der Waals surface area contributed by atoms with E-state index in [9.17, 15) is 4.79 Å². The van der Waals surface area contributed by atoms with E-state index in [1.54, 1.807) is 39.5 Å². The Balaban J connectivity index is 3.03. The smallest absolute Gasteiger partial charge is 0.236 e. The Morgan fingerprint density at radius 2 is 1.94 bits per heavy atom. The van der Waals surface area contributed by atoms with Crippen LogP contribution < -0.4 is 14.4 Å². The van der Waals surface area contributed by atoms with Gasteiger partial charge in [0, 0.05) is 18.8 Å². The molecule has 1 aromatic rings. The molecule has 0 N–H and O–H groups in total. The largest absolute Gasteiger partial charge is 0.493 e. The molecule has 0 bridgehead atoms. The van der Waals surface area contributed by atoms with Crippen LogP contribution in [0, 0.1) is 0 Å². The Morgan fingerprint density at radius 3 is 2.44 bits per heavy atom. The molecule has 88 valence electrons. The van der Waals surface area contributed by atoms with Crippen molar-refractivity contribution in [2.24, 2.45) is 0 Å². The molecule has 0 radical (unpaired) electrons. The summed E-state index contributed by atoms with van der Waals surface area (Å²) >= 11 is 3.95. The quantitative estimate of drug-likeness (QED) is 0.814. The van der Waals surface area contributed by atoms with Gasteiger partial charge in [-0.05, 0) is 12.1 Å². The molecule has 1 amide bonds. The van der Waals surface area contributed by atoms with E-state index in [-0.39, 0.29) is 11.7 Å². The monoisotopic (exact) mass is 241 g/mol. The van der Waals surface area contributed by atoms with E-state index in [4.69, 9.17) is 9.47 Å². The highest BCUT2D eigenvalue weighted by Crippen LogP contribution is 2.31. The molecule has 4 nitrogen and oxygen atoms in total. The van der Waals surface area contributed by atoms with Crippen molar-refractivity contribution in [1.82, 2.24) is 0 Å². The molecule has 0 aromatic heterocycles. The van der Waals surface area contributed by atoms with Gasteiger partial charge >= 0.3 is 0 Å². The van der Waals surface area contributed by atoms with Crippen LogP contribution in [-0.4, -0.2) is 32.9 Å². The van der Waals surface area contributed by atoms with Crippen molar-refractivity contribution in [3.8, 4) is 11.5 Å². The summed E-state index contributed by atoms with van der Waals surface area (Å²) in [6.45, 7) is 0. The van der Waals surface area contributed by atoms with E-state index < -0.39 is 0 Å². The number of hydrogen-bond acceptors (Lipinski definition) is 4. The summed E-state index contributed by atoms with van der Waals surface area (Å²) in [7, 11) is 4.82. The third kappa shape index (κ3) is 2.61. The number of carbonyl (C=O) groups is 1. The van der Waals surface area contributed by atoms with Crippen LogP contribution in [0.3, 0.4) is 0 Å². The Hall–Kier alpha value is -1.36. The second-order valence-corrected chi connectivity index (χ2v) is 3.47. The molecule has 16 heavy (non-hydrogen) atoms. The summed E-state index contributed by atoms with van der Waals surface area (Å²) in [5.41, 5.74) is 0.747. The summed E-state index contributed by atoms with van der Waals surface area (Å²) in [4.78, 5) is 13.0. The molecule has 1 rings (SSSR count). The van der Waals surface area contributed by atoms with Crippen LogP contribution in [0.15, 0.2) is 18.2 Å². The zero-order chi connectivity index (χ0) is 12.1. The molecule has 0 fully saturated rings. The zero-order valence-corrected chi connectivity index (χ0v) is 10.5. The van der Waals surface area contributed by atoms with Gasteiger partial charge in [-0.2, -0.15) is 12.6 Å². The molecule has 0 heterocycles. The number of anilines is 1. The summed E-state index contributed by atoms with van der Waals surface area (Å²) in [5.74, 6) is 1.33. The fourth-order valence-corrected chi connectivity index (χ4v) is 1.50. The summed E-state index contributed by atoms with van der Waals surface area (Å²) in [6.07, 6.45) is 0. The van der Waals surface area contributed by atoms with Crippen molar-refractivity contribution in [1.29, 1.82) is 0 Å². The van der Waals surface area contributed by atoms with Crippen molar-refractivity contribution < 1.29 is 14.3 Å². The lowest BCUT2D eigenvalue weighted by Crippen LogP contribution is -2.27. The van der Waals surface area contributed by atoms with Crippen LogP contribution in [0.25, 0.3) is 0 Å². The van der Waals surface area contributed by atoms with E-state index in [1.165, 1.54) is 4.90 Å². The molecule has 0 saturated heterocycles. The molecule has 5 heteroatoms. The Morgan fingerprint density at radius 1 is 1.31 bits per heavy atom. The van der Waals surface area contributed by atoms with Gasteiger partial charge in [0.15, 0.2) is 11.5 Å². The van der Waals surface area contributed by atoms with Crippen LogP contribution in [0.1, 0.15) is 0 Å². The molecular formula is C11H15NO3S. The van der Waals surface area contributed by atoms with Crippen molar-refractivity contribution in [2.75, 3.05) is 31.9 Å². The van der Waals surface area contributed by atoms with E-state index >= 15 is 0 Å². The molecule has 1 aromatic carbocycles. The minimum Gasteiger partial charge on any atom is -0.493 e. The van der Waals surface area contributed by atoms with Crippen molar-refractivity contribution in [2.45, 2.75) is 0 Å². The Bertz CT molecular complexity index is 381. The Kier molecular flexibility index (Phi) is 4.49. The third-order valence-electron chi connectivity index (χ3n) is 2.26. The molecule has 0 atom stereocenters. The highest BCUT2D eigenvalue weighted by molar-refractivity contribution is 7.81. The standard InChI is InChI=1S/C11H15NO3S/c1-12(11(13)7-16)8-4-5-9(14-2)10(6-8)15-3/h4-6,16H,7H2,1-3H3. The van der Waals surface area contributed by atoms with E-state index in [0.717, 1.165) is 5.69 Å². The van der Waals surface area contributed by atoms with Gasteiger partial charge in [-0.25, -0.2) is 0 Å². The topological polar surface area (TPSA) is 38.8 Å². The van der Waals surface area contributed by atoms with Gasteiger partial charge < -0.3 is 14.4 Å². The van der Waals surface area contributed by atoms with Crippen molar-refractivity contribution in [3.05, 3.63) is 18.2 Å². The predicted octanol–water partition coefficient (Wildman–Crippen LogP) is 1.60. The van der Waals surface area contributed by atoms with Crippen molar-refractivity contribution in [3.63, 3.8) is 0 Å². The van der Waals surface area contributed by atoms with Gasteiger partial charge in [0.1, 0.15) is 0 Å². The maximum Gasteiger partial charge on any atom is 0.236 e. The van der Waals surface area contributed by atoms with E-state index in [1.807, 2.05) is 0 Å². The lowest BCUT2D eigenvalue weighted by Gasteiger charge is -2.18. The number of thiol groups is 1.